The van der Waals surface area contributed by atoms with Crippen LogP contribution >= 0.6 is 11.3 Å². The average Bonchev–Trinajstić information content (AvgIpc) is 3.24. The molecule has 9 nitrogen and oxygen atoms in total. The number of ether oxygens (including phenoxy) is 1. The van der Waals surface area contributed by atoms with Crippen molar-refractivity contribution in [3.05, 3.63) is 33.5 Å². The van der Waals surface area contributed by atoms with Gasteiger partial charge in [0.1, 0.15) is 9.90 Å². The van der Waals surface area contributed by atoms with Crippen LogP contribution in [0.2, 0.25) is 0 Å². The molecular formula is C19H26N4O5S2. The molecule has 30 heavy (non-hydrogen) atoms. The molecule has 0 radical (unpaired) electrons. The van der Waals surface area contributed by atoms with E-state index in [-0.39, 0.29) is 34.7 Å². The Bertz CT molecular complexity index is 1080. The van der Waals surface area contributed by atoms with Gasteiger partial charge >= 0.3 is 5.97 Å². The quantitative estimate of drug-likeness (QED) is 0.666. The van der Waals surface area contributed by atoms with E-state index < -0.39 is 16.0 Å². The van der Waals surface area contributed by atoms with Gasteiger partial charge in [-0.05, 0) is 30.9 Å². The van der Waals surface area contributed by atoms with Crippen LogP contribution in [0.15, 0.2) is 10.3 Å². The zero-order valence-electron chi connectivity index (χ0n) is 17.7. The fourth-order valence-corrected chi connectivity index (χ4v) is 6.52. The van der Waals surface area contributed by atoms with Crippen LogP contribution in [-0.4, -0.2) is 55.2 Å². The number of nitrogens with zero attached hydrogens (tertiary/aromatic N) is 3. The number of thiophene rings is 1. The number of amides is 1. The van der Waals surface area contributed by atoms with Crippen LogP contribution in [0.1, 0.15) is 50.8 Å². The van der Waals surface area contributed by atoms with E-state index in [1.54, 1.807) is 18.0 Å². The standard InChI is InChI=1S/C19H26N4O5S2/c1-11(2)9-20-30(26,27)19-16(18(25)28-5)13-6-7-23(10-15(13)29-19)17(24)14-8-12(3)21-22(14)4/h8,11,20H,6-7,9-10H2,1-5H3. The van der Waals surface area contributed by atoms with E-state index in [1.807, 2.05) is 20.8 Å². The van der Waals surface area contributed by atoms with E-state index in [2.05, 4.69) is 9.82 Å². The summed E-state index contributed by atoms with van der Waals surface area (Å²) < 4.78 is 34.7. The molecule has 1 N–H and O–H groups in total. The summed E-state index contributed by atoms with van der Waals surface area (Å²) in [5.41, 5.74) is 1.93. The fourth-order valence-electron chi connectivity index (χ4n) is 3.36. The van der Waals surface area contributed by atoms with Gasteiger partial charge in [-0.3, -0.25) is 9.48 Å². The predicted molar refractivity (Wildman–Crippen MR) is 112 cm³/mol. The number of fused-ring (bicyclic) bond motifs is 1. The van der Waals surface area contributed by atoms with Gasteiger partial charge in [0.05, 0.1) is 24.9 Å². The van der Waals surface area contributed by atoms with Crippen LogP contribution in [0.25, 0.3) is 0 Å². The van der Waals surface area contributed by atoms with Gasteiger partial charge in [-0.2, -0.15) is 5.10 Å². The van der Waals surface area contributed by atoms with Crippen LogP contribution < -0.4 is 4.72 Å². The lowest BCUT2D eigenvalue weighted by molar-refractivity contribution is 0.0595. The van der Waals surface area contributed by atoms with Crippen molar-refractivity contribution in [3.8, 4) is 0 Å². The maximum Gasteiger partial charge on any atom is 0.340 e. The Morgan fingerprint density at radius 2 is 2.07 bits per heavy atom. The topological polar surface area (TPSA) is 111 Å². The number of esters is 1. The van der Waals surface area contributed by atoms with Crippen molar-refractivity contribution >= 4 is 33.2 Å². The maximum atomic E-state index is 12.9. The Balaban J connectivity index is 1.97. The molecule has 0 spiro atoms. The van der Waals surface area contributed by atoms with Gasteiger partial charge in [0.25, 0.3) is 15.9 Å². The second-order valence-electron chi connectivity index (χ2n) is 7.67. The number of hydrogen-bond donors (Lipinski definition) is 1. The number of carbonyl (C=O) groups excluding carboxylic acids is 2. The van der Waals surface area contributed by atoms with Crippen LogP contribution in [0.4, 0.5) is 0 Å². The van der Waals surface area contributed by atoms with E-state index in [0.29, 0.717) is 29.1 Å². The van der Waals surface area contributed by atoms with Crippen molar-refractivity contribution in [1.29, 1.82) is 0 Å². The van der Waals surface area contributed by atoms with E-state index in [9.17, 15) is 18.0 Å². The minimum Gasteiger partial charge on any atom is -0.465 e. The molecule has 3 heterocycles. The van der Waals surface area contributed by atoms with Gasteiger partial charge in [-0.15, -0.1) is 11.3 Å². The summed E-state index contributed by atoms with van der Waals surface area (Å²) in [6.07, 6.45) is 0.374. The molecule has 1 aliphatic heterocycles. The lowest BCUT2D eigenvalue weighted by atomic mass is 10.0. The Hall–Kier alpha value is -2.24. The fraction of sp³-hybridized carbons (Fsp3) is 0.526. The third kappa shape index (κ3) is 4.28. The minimum atomic E-state index is -3.88. The first-order chi connectivity index (χ1) is 14.0. The summed E-state index contributed by atoms with van der Waals surface area (Å²) in [5.74, 6) is -0.745. The first-order valence-corrected chi connectivity index (χ1v) is 11.9. The normalized spacial score (nSPS) is 14.1. The maximum absolute atomic E-state index is 12.9. The first-order valence-electron chi connectivity index (χ1n) is 9.57. The van der Waals surface area contributed by atoms with E-state index in [4.69, 9.17) is 4.74 Å². The monoisotopic (exact) mass is 454 g/mol. The van der Waals surface area contributed by atoms with Gasteiger partial charge in [0.2, 0.25) is 0 Å². The number of nitrogens with one attached hydrogen (secondary N) is 1. The van der Waals surface area contributed by atoms with Crippen LogP contribution in [0.3, 0.4) is 0 Å². The van der Waals surface area contributed by atoms with Crippen molar-refractivity contribution in [2.45, 2.75) is 37.9 Å². The molecular weight excluding hydrogens is 428 g/mol. The Morgan fingerprint density at radius 3 is 2.63 bits per heavy atom. The summed E-state index contributed by atoms with van der Waals surface area (Å²) in [6.45, 7) is 6.46. The van der Waals surface area contributed by atoms with Gasteiger partial charge in [0, 0.05) is 25.0 Å². The second-order valence-corrected chi connectivity index (χ2v) is 10.7. The molecule has 11 heteroatoms. The van der Waals surface area contributed by atoms with Gasteiger partial charge in [0.15, 0.2) is 0 Å². The number of hydrogen-bond acceptors (Lipinski definition) is 7. The molecule has 1 aliphatic rings. The van der Waals surface area contributed by atoms with Crippen molar-refractivity contribution in [2.24, 2.45) is 13.0 Å². The molecule has 164 valence electrons. The largest absolute Gasteiger partial charge is 0.465 e. The smallest absolute Gasteiger partial charge is 0.340 e. The molecule has 0 aliphatic carbocycles. The van der Waals surface area contributed by atoms with Crippen LogP contribution in [0, 0.1) is 12.8 Å². The zero-order chi connectivity index (χ0) is 22.2. The number of sulfonamides is 1. The van der Waals surface area contributed by atoms with E-state index in [0.717, 1.165) is 17.0 Å². The molecule has 0 saturated carbocycles. The predicted octanol–water partition coefficient (Wildman–Crippen LogP) is 1.71. The number of carbonyl (C=O) groups is 2. The lowest BCUT2D eigenvalue weighted by Crippen LogP contribution is -2.36. The highest BCUT2D eigenvalue weighted by molar-refractivity contribution is 7.91. The highest BCUT2D eigenvalue weighted by Crippen LogP contribution is 2.37. The van der Waals surface area contributed by atoms with Gasteiger partial charge in [-0.1, -0.05) is 13.8 Å². The molecule has 3 rings (SSSR count). The average molecular weight is 455 g/mol. The van der Waals surface area contributed by atoms with E-state index >= 15 is 0 Å². The number of aryl methyl sites for hydroxylation is 2. The Labute approximate surface area is 180 Å². The zero-order valence-corrected chi connectivity index (χ0v) is 19.3. The van der Waals surface area contributed by atoms with Crippen molar-refractivity contribution in [2.75, 3.05) is 20.2 Å². The third-order valence-electron chi connectivity index (χ3n) is 4.85. The lowest BCUT2D eigenvalue weighted by Gasteiger charge is -2.27. The summed E-state index contributed by atoms with van der Waals surface area (Å²) in [5, 5.41) is 4.21. The summed E-state index contributed by atoms with van der Waals surface area (Å²) in [7, 11) is -0.939. The second kappa shape index (κ2) is 8.48. The molecule has 1 amide bonds. The molecule has 0 unspecified atom stereocenters. The first kappa shape index (κ1) is 22.4. The number of aromatic nitrogens is 2. The molecule has 0 saturated heterocycles. The van der Waals surface area contributed by atoms with E-state index in [1.165, 1.54) is 11.8 Å². The van der Waals surface area contributed by atoms with Crippen molar-refractivity contribution in [1.82, 2.24) is 19.4 Å². The molecule has 2 aromatic heterocycles. The van der Waals surface area contributed by atoms with Crippen LogP contribution in [-0.2, 0) is 34.8 Å². The third-order valence-corrected chi connectivity index (χ3v) is 8.01. The Morgan fingerprint density at radius 1 is 1.37 bits per heavy atom. The number of methoxy groups -OCH3 is 1. The van der Waals surface area contributed by atoms with Crippen molar-refractivity contribution < 1.29 is 22.7 Å². The Kier molecular flexibility index (Phi) is 6.34. The molecule has 2 aromatic rings. The molecule has 0 aromatic carbocycles. The SMILES string of the molecule is COC(=O)c1c(S(=O)(=O)NCC(C)C)sc2c1CCN(C(=O)c1cc(C)nn1C)C2. The van der Waals surface area contributed by atoms with Gasteiger partial charge in [-0.25, -0.2) is 17.9 Å². The molecule has 0 bridgehead atoms. The van der Waals surface area contributed by atoms with Crippen LogP contribution in [0.5, 0.6) is 0 Å². The van der Waals surface area contributed by atoms with Crippen molar-refractivity contribution in [3.63, 3.8) is 0 Å². The number of rotatable bonds is 6. The minimum absolute atomic E-state index is 0.0503. The summed E-state index contributed by atoms with van der Waals surface area (Å²) in [6, 6.07) is 1.72. The highest BCUT2D eigenvalue weighted by atomic mass is 32.2. The highest BCUT2D eigenvalue weighted by Gasteiger charge is 2.35. The summed E-state index contributed by atoms with van der Waals surface area (Å²) >= 11 is 1.02. The molecule has 0 fully saturated rings. The van der Waals surface area contributed by atoms with Gasteiger partial charge < -0.3 is 9.64 Å². The molecule has 0 atom stereocenters. The summed E-state index contributed by atoms with van der Waals surface area (Å²) in [4.78, 5) is 27.7.